The van der Waals surface area contributed by atoms with Crippen LogP contribution in [0, 0.1) is 5.92 Å². The van der Waals surface area contributed by atoms with Gasteiger partial charge in [0, 0.05) is 36.6 Å². The normalized spacial score (nSPS) is 14.3. The van der Waals surface area contributed by atoms with Crippen LogP contribution in [0.25, 0.3) is 0 Å². The molecular formula is C22H33N9O6. The van der Waals surface area contributed by atoms with Gasteiger partial charge in [-0.15, -0.1) is 0 Å². The molecule has 0 saturated heterocycles. The van der Waals surface area contributed by atoms with Crippen molar-refractivity contribution >= 4 is 29.6 Å². The zero-order chi connectivity index (χ0) is 27.5. The van der Waals surface area contributed by atoms with Gasteiger partial charge >= 0.3 is 5.97 Å². The van der Waals surface area contributed by atoms with Gasteiger partial charge in [0.05, 0.1) is 25.1 Å². The van der Waals surface area contributed by atoms with Crippen LogP contribution in [0.1, 0.15) is 38.1 Å². The van der Waals surface area contributed by atoms with Gasteiger partial charge in [-0.2, -0.15) is 0 Å². The maximum atomic E-state index is 13.2. The van der Waals surface area contributed by atoms with Gasteiger partial charge in [-0.05, 0) is 12.3 Å². The molecule has 0 aliphatic rings. The number of aliphatic carboxylic acids is 1. The number of imidazole rings is 2. The standard InChI is InChI=1S/C22H33N9O6/c1-11(2)3-17(22(36)37)31-21(35)16(6-18(24)32)30-20(34)15(5-13-8-26-10-28-13)29-19(33)14(23)4-12-7-25-9-27-12/h7-11,14-17H,3-6,23H2,1-2H3,(H2,24,32)(H,25,27)(H,26,28)(H,29,33)(H,30,34)(H,31,35)(H,36,37). The van der Waals surface area contributed by atoms with Crippen molar-refractivity contribution in [2.45, 2.75) is 63.7 Å². The first kappa shape index (κ1) is 29.0. The van der Waals surface area contributed by atoms with Crippen LogP contribution in [0.5, 0.6) is 0 Å². The van der Waals surface area contributed by atoms with E-state index in [1.165, 1.54) is 25.0 Å². The second-order valence-electron chi connectivity index (χ2n) is 8.99. The van der Waals surface area contributed by atoms with Crippen LogP contribution in [0.2, 0.25) is 0 Å². The lowest BCUT2D eigenvalue weighted by atomic mass is 10.0. The summed E-state index contributed by atoms with van der Waals surface area (Å²) in [6.07, 6.45) is 5.43. The molecule has 2 aromatic rings. The van der Waals surface area contributed by atoms with Crippen molar-refractivity contribution < 1.29 is 29.1 Å². The van der Waals surface area contributed by atoms with Gasteiger partial charge in [-0.1, -0.05) is 13.8 Å². The largest absolute Gasteiger partial charge is 0.480 e. The van der Waals surface area contributed by atoms with Gasteiger partial charge in [0.2, 0.25) is 23.6 Å². The second-order valence-corrected chi connectivity index (χ2v) is 8.99. The van der Waals surface area contributed by atoms with Crippen LogP contribution in [-0.2, 0) is 36.8 Å². The molecular weight excluding hydrogens is 486 g/mol. The summed E-state index contributed by atoms with van der Waals surface area (Å²) in [6.45, 7) is 3.56. The molecule has 10 N–H and O–H groups in total. The Morgan fingerprint density at radius 3 is 1.86 bits per heavy atom. The number of nitrogens with zero attached hydrogens (tertiary/aromatic N) is 2. The van der Waals surface area contributed by atoms with Crippen molar-refractivity contribution in [3.05, 3.63) is 36.4 Å². The van der Waals surface area contributed by atoms with Gasteiger partial charge in [-0.3, -0.25) is 19.2 Å². The number of carboxylic acid groups (broad SMARTS) is 1. The van der Waals surface area contributed by atoms with Crippen molar-refractivity contribution in [2.24, 2.45) is 17.4 Å². The van der Waals surface area contributed by atoms with Crippen molar-refractivity contribution in [3.63, 3.8) is 0 Å². The molecule has 2 rings (SSSR count). The van der Waals surface area contributed by atoms with E-state index in [2.05, 4.69) is 35.9 Å². The summed E-state index contributed by atoms with van der Waals surface area (Å²) >= 11 is 0. The molecule has 4 atom stereocenters. The number of H-pyrrole nitrogens is 2. The summed E-state index contributed by atoms with van der Waals surface area (Å²) in [5.74, 6) is -4.57. The smallest absolute Gasteiger partial charge is 0.326 e. The maximum absolute atomic E-state index is 13.2. The van der Waals surface area contributed by atoms with Gasteiger partial charge in [0.25, 0.3) is 0 Å². The number of primary amides is 1. The Balaban J connectivity index is 2.17. The van der Waals surface area contributed by atoms with Crippen LogP contribution in [-0.4, -0.2) is 78.8 Å². The van der Waals surface area contributed by atoms with E-state index in [9.17, 15) is 29.1 Å². The number of carbonyl (C=O) groups excluding carboxylic acids is 4. The van der Waals surface area contributed by atoms with E-state index >= 15 is 0 Å². The summed E-state index contributed by atoms with van der Waals surface area (Å²) in [5.41, 5.74) is 12.3. The number of hydrogen-bond donors (Lipinski definition) is 8. The highest BCUT2D eigenvalue weighted by molar-refractivity contribution is 5.96. The number of rotatable bonds is 15. The Morgan fingerprint density at radius 2 is 1.38 bits per heavy atom. The number of nitrogens with one attached hydrogen (secondary N) is 5. The predicted octanol–water partition coefficient (Wildman–Crippen LogP) is -2.29. The zero-order valence-electron chi connectivity index (χ0n) is 20.6. The van der Waals surface area contributed by atoms with E-state index in [1.54, 1.807) is 13.8 Å². The van der Waals surface area contributed by atoms with Gasteiger partial charge in [0.15, 0.2) is 0 Å². The van der Waals surface area contributed by atoms with Crippen LogP contribution in [0.15, 0.2) is 25.0 Å². The number of carboxylic acids is 1. The molecule has 2 aromatic heterocycles. The number of carbonyl (C=O) groups is 5. The highest BCUT2D eigenvalue weighted by atomic mass is 16.4. The predicted molar refractivity (Wildman–Crippen MR) is 129 cm³/mol. The van der Waals surface area contributed by atoms with Crippen molar-refractivity contribution in [1.29, 1.82) is 0 Å². The molecule has 15 nitrogen and oxygen atoms in total. The third kappa shape index (κ3) is 9.71. The third-order valence-electron chi connectivity index (χ3n) is 5.30. The molecule has 4 amide bonds. The molecule has 0 radical (unpaired) electrons. The molecule has 0 fully saturated rings. The Bertz CT molecular complexity index is 1050. The van der Waals surface area contributed by atoms with Crippen LogP contribution < -0.4 is 27.4 Å². The van der Waals surface area contributed by atoms with Crippen LogP contribution in [0.4, 0.5) is 0 Å². The molecule has 0 bridgehead atoms. The number of hydrogen-bond acceptors (Lipinski definition) is 8. The van der Waals surface area contributed by atoms with Crippen LogP contribution >= 0.6 is 0 Å². The fraction of sp³-hybridized carbons (Fsp3) is 0.500. The first-order valence-corrected chi connectivity index (χ1v) is 11.6. The molecule has 15 heteroatoms. The van der Waals surface area contributed by atoms with E-state index in [-0.39, 0.29) is 25.2 Å². The number of aromatic nitrogens is 4. The Morgan fingerprint density at radius 1 is 0.865 bits per heavy atom. The molecule has 2 heterocycles. The van der Waals surface area contributed by atoms with Gasteiger partial charge in [-0.25, -0.2) is 14.8 Å². The van der Waals surface area contributed by atoms with E-state index in [4.69, 9.17) is 11.5 Å². The van der Waals surface area contributed by atoms with E-state index < -0.39 is 60.2 Å². The first-order valence-electron chi connectivity index (χ1n) is 11.6. The molecule has 0 spiro atoms. The summed E-state index contributed by atoms with van der Waals surface area (Å²) in [4.78, 5) is 75.3. The van der Waals surface area contributed by atoms with E-state index in [0.717, 1.165) is 0 Å². The molecule has 0 saturated carbocycles. The lowest BCUT2D eigenvalue weighted by molar-refractivity contribution is -0.143. The highest BCUT2D eigenvalue weighted by Gasteiger charge is 2.32. The Hall–Kier alpha value is -4.27. The Kier molecular flexibility index (Phi) is 10.7. The average molecular weight is 520 g/mol. The fourth-order valence-electron chi connectivity index (χ4n) is 3.48. The number of aromatic amines is 2. The second kappa shape index (κ2) is 13.7. The molecule has 202 valence electrons. The molecule has 4 unspecified atom stereocenters. The minimum absolute atomic E-state index is 0.0373. The van der Waals surface area contributed by atoms with E-state index in [1.807, 2.05) is 0 Å². The third-order valence-corrected chi connectivity index (χ3v) is 5.30. The van der Waals surface area contributed by atoms with Crippen molar-refractivity contribution in [2.75, 3.05) is 0 Å². The topological polar surface area (TPSA) is 251 Å². The first-order chi connectivity index (χ1) is 17.5. The SMILES string of the molecule is CC(C)CC(NC(=O)C(CC(N)=O)NC(=O)C(Cc1cnc[nH]1)NC(=O)C(N)Cc1cnc[nH]1)C(=O)O. The summed E-state index contributed by atoms with van der Waals surface area (Å²) < 4.78 is 0. The van der Waals surface area contributed by atoms with Crippen LogP contribution in [0.3, 0.4) is 0 Å². The zero-order valence-corrected chi connectivity index (χ0v) is 20.6. The molecule has 0 aromatic carbocycles. The summed E-state index contributed by atoms with van der Waals surface area (Å²) in [5, 5.41) is 16.7. The summed E-state index contributed by atoms with van der Waals surface area (Å²) in [6, 6.07) is -4.94. The lowest BCUT2D eigenvalue weighted by Crippen LogP contribution is -2.58. The molecule has 0 aliphatic carbocycles. The minimum Gasteiger partial charge on any atom is -0.480 e. The minimum atomic E-state index is -1.47. The van der Waals surface area contributed by atoms with Crippen molar-refractivity contribution in [1.82, 2.24) is 35.9 Å². The molecule has 0 aliphatic heterocycles. The van der Waals surface area contributed by atoms with Gasteiger partial charge < -0.3 is 42.5 Å². The monoisotopic (exact) mass is 519 g/mol. The number of nitrogens with two attached hydrogens (primary N) is 2. The van der Waals surface area contributed by atoms with Crippen molar-refractivity contribution in [3.8, 4) is 0 Å². The number of amides is 4. The average Bonchev–Trinajstić information content (AvgIpc) is 3.51. The van der Waals surface area contributed by atoms with Gasteiger partial charge in [0.1, 0.15) is 18.1 Å². The Labute approximate surface area is 212 Å². The lowest BCUT2D eigenvalue weighted by Gasteiger charge is -2.25. The fourth-order valence-corrected chi connectivity index (χ4v) is 3.48. The quantitative estimate of drug-likeness (QED) is 0.126. The van der Waals surface area contributed by atoms with E-state index in [0.29, 0.717) is 11.4 Å². The molecule has 37 heavy (non-hydrogen) atoms. The maximum Gasteiger partial charge on any atom is 0.326 e. The summed E-state index contributed by atoms with van der Waals surface area (Å²) in [7, 11) is 0. The highest BCUT2D eigenvalue weighted by Crippen LogP contribution is 2.07.